The maximum atomic E-state index is 11.1. The molecule has 0 atom stereocenters. The van der Waals surface area contributed by atoms with Gasteiger partial charge in [0, 0.05) is 6.04 Å². The zero-order valence-corrected chi connectivity index (χ0v) is 9.59. The lowest BCUT2D eigenvalue weighted by molar-refractivity contribution is 0.205. The Kier molecular flexibility index (Phi) is 3.62. The third-order valence-corrected chi connectivity index (χ3v) is 2.35. The lowest BCUT2D eigenvalue weighted by Gasteiger charge is -2.04. The van der Waals surface area contributed by atoms with Crippen LogP contribution in [0, 0.1) is 12.5 Å². The molecule has 0 radical (unpaired) electrons. The van der Waals surface area contributed by atoms with Gasteiger partial charge in [0.15, 0.2) is 0 Å². The highest BCUT2D eigenvalue weighted by Crippen LogP contribution is 2.21. The Balaban J connectivity index is 2.11. The molecule has 3 heteroatoms. The van der Waals surface area contributed by atoms with Crippen molar-refractivity contribution in [2.24, 2.45) is 0 Å². The van der Waals surface area contributed by atoms with Gasteiger partial charge in [-0.15, -0.1) is 0 Å². The topological polar surface area (TPSA) is 38.3 Å². The van der Waals surface area contributed by atoms with Crippen molar-refractivity contribution in [3.8, 4) is 29.3 Å². The van der Waals surface area contributed by atoms with Crippen LogP contribution in [0.1, 0.15) is 0 Å². The Bertz CT molecular complexity index is 568. The molecular formula is C15H11NO2. The van der Waals surface area contributed by atoms with Crippen molar-refractivity contribution >= 4 is 6.09 Å². The van der Waals surface area contributed by atoms with E-state index < -0.39 is 6.09 Å². The van der Waals surface area contributed by atoms with E-state index in [2.05, 4.69) is 5.32 Å². The van der Waals surface area contributed by atoms with Gasteiger partial charge in [-0.1, -0.05) is 48.9 Å². The van der Waals surface area contributed by atoms with E-state index in [1.807, 2.05) is 48.5 Å². The number of carbonyl (C=O) groups excluding carboxylic acids is 1. The van der Waals surface area contributed by atoms with Crippen LogP contribution in [-0.2, 0) is 0 Å². The first kappa shape index (κ1) is 11.7. The molecule has 0 bridgehead atoms. The lowest BCUT2D eigenvalue weighted by atomic mass is 10.1. The summed E-state index contributed by atoms with van der Waals surface area (Å²) in [5.74, 6) is 0.447. The number of rotatable bonds is 2. The molecule has 1 N–H and O–H groups in total. The number of benzene rings is 2. The molecule has 0 unspecified atom stereocenters. The van der Waals surface area contributed by atoms with Crippen LogP contribution < -0.4 is 10.1 Å². The monoisotopic (exact) mass is 237 g/mol. The highest BCUT2D eigenvalue weighted by atomic mass is 16.5. The molecule has 18 heavy (non-hydrogen) atoms. The summed E-state index contributed by atoms with van der Waals surface area (Å²) in [6, 6.07) is 19.1. The van der Waals surface area contributed by atoms with Gasteiger partial charge in [0.1, 0.15) is 5.75 Å². The average Bonchev–Trinajstić information content (AvgIpc) is 2.41. The molecule has 88 valence electrons. The molecule has 0 fully saturated rings. The van der Waals surface area contributed by atoms with Crippen LogP contribution in [0.25, 0.3) is 11.1 Å². The van der Waals surface area contributed by atoms with E-state index in [9.17, 15) is 4.79 Å². The fourth-order valence-corrected chi connectivity index (χ4v) is 1.54. The second kappa shape index (κ2) is 5.55. The van der Waals surface area contributed by atoms with Crippen molar-refractivity contribution in [1.29, 1.82) is 0 Å². The number of hydrogen-bond donors (Lipinski definition) is 1. The highest BCUT2D eigenvalue weighted by molar-refractivity contribution is 5.72. The second-order valence-corrected chi connectivity index (χ2v) is 3.55. The van der Waals surface area contributed by atoms with E-state index in [1.54, 1.807) is 12.1 Å². The van der Waals surface area contributed by atoms with E-state index in [1.165, 1.54) is 0 Å². The summed E-state index contributed by atoms with van der Waals surface area (Å²) < 4.78 is 4.95. The van der Waals surface area contributed by atoms with Crippen LogP contribution in [-0.4, -0.2) is 6.09 Å². The van der Waals surface area contributed by atoms with Gasteiger partial charge in [-0.2, -0.15) is 0 Å². The summed E-state index contributed by atoms with van der Waals surface area (Å²) in [4.78, 5) is 11.1. The second-order valence-electron chi connectivity index (χ2n) is 3.55. The third-order valence-electron chi connectivity index (χ3n) is 2.35. The van der Waals surface area contributed by atoms with Crippen LogP contribution in [0.5, 0.6) is 5.75 Å². The van der Waals surface area contributed by atoms with Crippen LogP contribution in [0.4, 0.5) is 4.79 Å². The number of hydrogen-bond acceptors (Lipinski definition) is 2. The van der Waals surface area contributed by atoms with Crippen molar-refractivity contribution in [1.82, 2.24) is 5.32 Å². The molecule has 0 heterocycles. The molecule has 2 rings (SSSR count). The van der Waals surface area contributed by atoms with Gasteiger partial charge in [-0.3, -0.25) is 0 Å². The Hall–Kier alpha value is -2.73. The summed E-state index contributed by atoms with van der Waals surface area (Å²) in [7, 11) is 0. The van der Waals surface area contributed by atoms with Crippen LogP contribution in [0.3, 0.4) is 0 Å². The number of ether oxygens (including phenoxy) is 1. The minimum Gasteiger partial charge on any atom is -0.410 e. The summed E-state index contributed by atoms with van der Waals surface area (Å²) in [6.45, 7) is 0. The molecule has 0 aliphatic heterocycles. The summed E-state index contributed by atoms with van der Waals surface area (Å²) in [5, 5.41) is 2.11. The SMILES string of the molecule is C#CNC(=O)Oc1ccc(-c2ccccc2)cc1. The highest BCUT2D eigenvalue weighted by Gasteiger charge is 2.02. The van der Waals surface area contributed by atoms with Gasteiger partial charge in [0.05, 0.1) is 0 Å². The van der Waals surface area contributed by atoms with Crippen molar-refractivity contribution in [2.45, 2.75) is 0 Å². The van der Waals surface area contributed by atoms with Crippen LogP contribution in [0.15, 0.2) is 54.6 Å². The van der Waals surface area contributed by atoms with Crippen LogP contribution >= 0.6 is 0 Å². The van der Waals surface area contributed by atoms with Crippen molar-refractivity contribution in [2.75, 3.05) is 0 Å². The van der Waals surface area contributed by atoms with Crippen molar-refractivity contribution < 1.29 is 9.53 Å². The van der Waals surface area contributed by atoms with E-state index in [0.29, 0.717) is 5.75 Å². The predicted octanol–water partition coefficient (Wildman–Crippen LogP) is 3.03. The first-order valence-corrected chi connectivity index (χ1v) is 5.38. The van der Waals surface area contributed by atoms with Gasteiger partial charge in [-0.25, -0.2) is 10.1 Å². The van der Waals surface area contributed by atoms with Crippen molar-refractivity contribution in [3.05, 3.63) is 54.6 Å². The maximum Gasteiger partial charge on any atom is 0.424 e. The third kappa shape index (κ3) is 2.89. The van der Waals surface area contributed by atoms with E-state index >= 15 is 0 Å². The van der Waals surface area contributed by atoms with Crippen LogP contribution in [0.2, 0.25) is 0 Å². The maximum absolute atomic E-state index is 11.1. The summed E-state index contributed by atoms with van der Waals surface area (Å²) >= 11 is 0. The number of terminal acetylenes is 1. The first-order valence-electron chi connectivity index (χ1n) is 5.38. The molecule has 0 aliphatic carbocycles. The normalized spacial score (nSPS) is 9.28. The molecule has 2 aromatic rings. The molecule has 2 aromatic carbocycles. The largest absolute Gasteiger partial charge is 0.424 e. The summed E-state index contributed by atoms with van der Waals surface area (Å²) in [6.07, 6.45) is 4.26. The zero-order chi connectivity index (χ0) is 12.8. The molecule has 0 spiro atoms. The van der Waals surface area contributed by atoms with E-state index in [0.717, 1.165) is 11.1 Å². The van der Waals surface area contributed by atoms with Gasteiger partial charge in [-0.05, 0) is 23.3 Å². The lowest BCUT2D eigenvalue weighted by Crippen LogP contribution is -2.21. The average molecular weight is 237 g/mol. The van der Waals surface area contributed by atoms with Gasteiger partial charge in [0.2, 0.25) is 0 Å². The number of nitrogens with one attached hydrogen (secondary N) is 1. The number of amides is 1. The molecule has 1 amide bonds. The molecule has 3 nitrogen and oxygen atoms in total. The fraction of sp³-hybridized carbons (Fsp3) is 0. The van der Waals surface area contributed by atoms with E-state index in [-0.39, 0.29) is 0 Å². The Morgan fingerprint density at radius 1 is 1.00 bits per heavy atom. The Morgan fingerprint density at radius 3 is 2.22 bits per heavy atom. The molecule has 0 saturated carbocycles. The fourth-order valence-electron chi connectivity index (χ4n) is 1.54. The minimum atomic E-state index is -0.662. The quantitative estimate of drug-likeness (QED) is 0.644. The minimum absolute atomic E-state index is 0.447. The number of carbonyl (C=O) groups is 1. The predicted molar refractivity (Wildman–Crippen MR) is 69.9 cm³/mol. The van der Waals surface area contributed by atoms with Gasteiger partial charge >= 0.3 is 6.09 Å². The Morgan fingerprint density at radius 2 is 1.61 bits per heavy atom. The van der Waals surface area contributed by atoms with Crippen molar-refractivity contribution in [3.63, 3.8) is 0 Å². The smallest absolute Gasteiger partial charge is 0.410 e. The van der Waals surface area contributed by atoms with E-state index in [4.69, 9.17) is 11.2 Å². The molecule has 0 aromatic heterocycles. The van der Waals surface area contributed by atoms with Gasteiger partial charge < -0.3 is 4.74 Å². The standard InChI is InChI=1S/C15H11NO2/c1-2-16-15(17)18-14-10-8-13(9-11-14)12-6-4-3-5-7-12/h1,3-11H,(H,16,17). The summed E-state index contributed by atoms with van der Waals surface area (Å²) in [5.41, 5.74) is 2.16. The first-order chi connectivity index (χ1) is 8.79. The zero-order valence-electron chi connectivity index (χ0n) is 9.59. The molecule has 0 saturated heterocycles. The molecular weight excluding hydrogens is 226 g/mol. The van der Waals surface area contributed by atoms with Gasteiger partial charge in [0.25, 0.3) is 0 Å². The molecule has 0 aliphatic rings. The Labute approximate surface area is 105 Å².